The van der Waals surface area contributed by atoms with E-state index in [1.54, 1.807) is 11.1 Å². The van der Waals surface area contributed by atoms with Gasteiger partial charge in [-0.05, 0) is 0 Å². The largest absolute Gasteiger partial charge is 0.147 e. The van der Waals surface area contributed by atoms with Crippen LogP contribution in [-0.2, 0) is 22.9 Å². The molecular weight excluding hydrogens is 466 g/mol. The topological polar surface area (TPSA) is 0 Å². The van der Waals surface area contributed by atoms with Crippen molar-refractivity contribution in [3.05, 3.63) is 67.4 Å². The predicted octanol–water partition coefficient (Wildman–Crippen LogP) is 6.27. The van der Waals surface area contributed by atoms with E-state index in [9.17, 15) is 0 Å². The molecule has 0 aromatic rings. The van der Waals surface area contributed by atoms with Gasteiger partial charge >= 0.3 is 129 Å². The van der Waals surface area contributed by atoms with E-state index >= 15 is 0 Å². The molecule has 0 atom stereocenters. The molecule has 0 aromatic heterocycles. The van der Waals surface area contributed by atoms with Crippen molar-refractivity contribution in [2.24, 2.45) is 0 Å². The first-order chi connectivity index (χ1) is 9.35. The summed E-state index contributed by atoms with van der Waals surface area (Å²) >= 11 is -0.776. The van der Waals surface area contributed by atoms with Crippen molar-refractivity contribution in [2.75, 3.05) is 0 Å². The van der Waals surface area contributed by atoms with E-state index in [2.05, 4.69) is 37.5 Å². The van der Waals surface area contributed by atoms with Crippen LogP contribution in [0.15, 0.2) is 67.4 Å². The number of halogens is 2. The number of hydrogen-bond acceptors (Lipinski definition) is 0. The molecule has 114 valence electrons. The van der Waals surface area contributed by atoms with Gasteiger partial charge in [0.2, 0.25) is 0 Å². The number of hydrogen-bond donors (Lipinski definition) is 0. The Kier molecular flexibility index (Phi) is 11.4. The van der Waals surface area contributed by atoms with Gasteiger partial charge < -0.3 is 0 Å². The minimum atomic E-state index is -0.776. The summed E-state index contributed by atoms with van der Waals surface area (Å²) in [6.07, 6.45) is 20.6. The molecule has 0 unspecified atom stereocenters. The van der Waals surface area contributed by atoms with Crippen LogP contribution in [0.25, 0.3) is 0 Å². The Morgan fingerprint density at radius 2 is 1.29 bits per heavy atom. The van der Waals surface area contributed by atoms with Crippen LogP contribution in [0.2, 0.25) is 0 Å². The van der Waals surface area contributed by atoms with Crippen LogP contribution >= 0.6 is 24.8 Å². The van der Waals surface area contributed by atoms with Gasteiger partial charge in [-0.15, -0.1) is 24.8 Å². The third-order valence-corrected chi connectivity index (χ3v) is 9.54. The first-order valence-electron chi connectivity index (χ1n) is 7.11. The average Bonchev–Trinajstić information content (AvgIpc) is 3.04. The normalized spacial score (nSPS) is 15.8. The van der Waals surface area contributed by atoms with Crippen LogP contribution in [0.5, 0.6) is 0 Å². The predicted molar refractivity (Wildman–Crippen MR) is 94.9 cm³/mol. The molecule has 3 heteroatoms. The minimum absolute atomic E-state index is 0. The molecule has 0 saturated heterocycles. The van der Waals surface area contributed by atoms with Gasteiger partial charge in [-0.2, -0.15) is 0 Å². The first-order valence-corrected chi connectivity index (χ1v) is 10.7. The van der Waals surface area contributed by atoms with Gasteiger partial charge in [-0.1, -0.05) is 0 Å². The number of allylic oxidation sites excluding steroid dienone is 10. The van der Waals surface area contributed by atoms with Gasteiger partial charge in [0.15, 0.2) is 0 Å². The molecule has 0 aromatic carbocycles. The molecule has 0 spiro atoms. The maximum Gasteiger partial charge on any atom is -0.147 e. The quantitative estimate of drug-likeness (QED) is 0.278. The van der Waals surface area contributed by atoms with E-state index in [4.69, 9.17) is 0 Å². The average molecular weight is 490 g/mol. The fourth-order valence-electron chi connectivity index (χ4n) is 2.53. The van der Waals surface area contributed by atoms with Crippen molar-refractivity contribution in [3.8, 4) is 0 Å². The first kappa shape index (κ1) is 20.9. The van der Waals surface area contributed by atoms with E-state index < -0.39 is 22.9 Å². The SMILES string of the molecule is C=CCCC1=[C]([Hf][C]2=C(CCC=C)C=CC2)CC=C1.Cl.Cl. The summed E-state index contributed by atoms with van der Waals surface area (Å²) in [7, 11) is 0. The van der Waals surface area contributed by atoms with Crippen molar-refractivity contribution < 1.29 is 22.9 Å². The van der Waals surface area contributed by atoms with E-state index in [0.717, 1.165) is 12.8 Å². The summed E-state index contributed by atoms with van der Waals surface area (Å²) < 4.78 is 3.63. The Morgan fingerprint density at radius 1 is 0.857 bits per heavy atom. The molecule has 2 aliphatic rings. The van der Waals surface area contributed by atoms with Crippen molar-refractivity contribution in [1.29, 1.82) is 0 Å². The molecule has 0 aliphatic heterocycles. The fraction of sp³-hybridized carbons (Fsp3) is 0.333. The molecule has 2 rings (SSSR count). The van der Waals surface area contributed by atoms with Gasteiger partial charge in [0, 0.05) is 0 Å². The maximum atomic E-state index is 3.84. The zero-order valence-corrected chi connectivity index (χ0v) is 17.7. The molecule has 0 radical (unpaired) electrons. The second-order valence-corrected chi connectivity index (χ2v) is 10.2. The monoisotopic (exact) mass is 490 g/mol. The zero-order valence-electron chi connectivity index (χ0n) is 12.4. The van der Waals surface area contributed by atoms with Crippen molar-refractivity contribution >= 4 is 24.8 Å². The maximum absolute atomic E-state index is 3.84. The third-order valence-electron chi connectivity index (χ3n) is 3.59. The summed E-state index contributed by atoms with van der Waals surface area (Å²) in [5.74, 6) is 0. The van der Waals surface area contributed by atoms with E-state index in [1.165, 1.54) is 25.7 Å². The van der Waals surface area contributed by atoms with Crippen LogP contribution in [0.1, 0.15) is 38.5 Å². The third kappa shape index (κ3) is 6.26. The van der Waals surface area contributed by atoms with Crippen molar-refractivity contribution in [2.45, 2.75) is 38.5 Å². The summed E-state index contributed by atoms with van der Waals surface area (Å²) in [5, 5.41) is 0. The molecule has 0 saturated carbocycles. The van der Waals surface area contributed by atoms with Gasteiger partial charge in [-0.3, -0.25) is 0 Å². The van der Waals surface area contributed by atoms with Crippen LogP contribution in [0.3, 0.4) is 0 Å². The van der Waals surface area contributed by atoms with Crippen LogP contribution in [0.4, 0.5) is 0 Å². The van der Waals surface area contributed by atoms with Crippen molar-refractivity contribution in [1.82, 2.24) is 0 Å². The summed E-state index contributed by atoms with van der Waals surface area (Å²) in [4.78, 5) is 0. The molecule has 0 amide bonds. The smallest absolute Gasteiger partial charge is 0.147 e. The number of rotatable bonds is 8. The summed E-state index contributed by atoms with van der Waals surface area (Å²) in [6.45, 7) is 7.67. The van der Waals surface area contributed by atoms with Crippen LogP contribution in [0, 0.1) is 0 Å². The Balaban J connectivity index is 0.00000200. The minimum Gasteiger partial charge on any atom is -0.147 e. The molecule has 0 heterocycles. The molecule has 0 fully saturated rings. The molecular formula is C18H24Cl2Hf. The molecule has 0 N–H and O–H groups in total. The molecule has 0 bridgehead atoms. The Bertz CT molecular complexity index is 437. The Labute approximate surface area is 153 Å². The molecule has 21 heavy (non-hydrogen) atoms. The Morgan fingerprint density at radius 3 is 1.67 bits per heavy atom. The van der Waals surface area contributed by atoms with E-state index in [0.29, 0.717) is 0 Å². The fourth-order valence-corrected chi connectivity index (χ4v) is 8.07. The van der Waals surface area contributed by atoms with E-state index in [1.807, 2.05) is 18.8 Å². The van der Waals surface area contributed by atoms with Gasteiger partial charge in [0.25, 0.3) is 0 Å². The summed E-state index contributed by atoms with van der Waals surface area (Å²) in [6, 6.07) is 0. The van der Waals surface area contributed by atoms with Crippen LogP contribution in [-0.4, -0.2) is 0 Å². The van der Waals surface area contributed by atoms with Crippen LogP contribution < -0.4 is 0 Å². The zero-order chi connectivity index (χ0) is 13.5. The molecule has 2 aliphatic carbocycles. The van der Waals surface area contributed by atoms with Gasteiger partial charge in [0.05, 0.1) is 0 Å². The standard InChI is InChI=1S/2C9H11.2ClH.Hf/c2*1-2-3-6-9-7-4-5-8-9;;;/h2*2,4,7H,1,3,5-6H2;2*1H;. The summed E-state index contributed by atoms with van der Waals surface area (Å²) in [5.41, 5.74) is 3.26. The molecule has 0 nitrogen and oxygen atoms in total. The Hall–Kier alpha value is -0.110. The van der Waals surface area contributed by atoms with E-state index in [-0.39, 0.29) is 24.8 Å². The second-order valence-electron chi connectivity index (χ2n) is 5.00. The van der Waals surface area contributed by atoms with Gasteiger partial charge in [0.1, 0.15) is 0 Å². The van der Waals surface area contributed by atoms with Gasteiger partial charge in [-0.25, -0.2) is 0 Å². The van der Waals surface area contributed by atoms with Crippen molar-refractivity contribution in [3.63, 3.8) is 0 Å². The second kappa shape index (κ2) is 11.5.